The molecule has 2 aromatic rings. The zero-order valence-electron chi connectivity index (χ0n) is 12.8. The van der Waals surface area contributed by atoms with Crippen molar-refractivity contribution in [2.45, 2.75) is 37.8 Å². The molecular formula is C18H22N4. The van der Waals surface area contributed by atoms with Crippen molar-refractivity contribution >= 4 is 5.82 Å². The van der Waals surface area contributed by atoms with Gasteiger partial charge in [0.15, 0.2) is 5.82 Å². The normalized spacial score (nSPS) is 24.3. The van der Waals surface area contributed by atoms with E-state index in [0.29, 0.717) is 12.1 Å². The summed E-state index contributed by atoms with van der Waals surface area (Å²) in [5.41, 5.74) is 3.01. The standard InChI is InChI=1S/C18H22N4/c1-2-7-16-14(5-1)9-10-17(16)20-15-6-4-12-22(13-15)18-8-3-11-19-21-18/h1-3,5,7-8,11,15,17,20H,4,6,9-10,12-13H2/t15-,17-/m0/s1. The van der Waals surface area contributed by atoms with Crippen LogP contribution in [0, 0.1) is 0 Å². The van der Waals surface area contributed by atoms with Gasteiger partial charge in [0.2, 0.25) is 0 Å². The topological polar surface area (TPSA) is 41.1 Å². The summed E-state index contributed by atoms with van der Waals surface area (Å²) in [5, 5.41) is 12.1. The third-order valence-corrected chi connectivity index (χ3v) is 4.87. The van der Waals surface area contributed by atoms with Gasteiger partial charge in [-0.3, -0.25) is 0 Å². The molecule has 0 saturated carbocycles. The Morgan fingerprint density at radius 3 is 2.95 bits per heavy atom. The van der Waals surface area contributed by atoms with Crippen LogP contribution in [0.25, 0.3) is 0 Å². The van der Waals surface area contributed by atoms with Crippen molar-refractivity contribution in [1.82, 2.24) is 15.5 Å². The summed E-state index contributed by atoms with van der Waals surface area (Å²) in [7, 11) is 0. The maximum absolute atomic E-state index is 4.25. The van der Waals surface area contributed by atoms with Gasteiger partial charge in [-0.1, -0.05) is 24.3 Å². The van der Waals surface area contributed by atoms with E-state index in [0.717, 1.165) is 18.9 Å². The van der Waals surface area contributed by atoms with E-state index in [9.17, 15) is 0 Å². The van der Waals surface area contributed by atoms with E-state index in [-0.39, 0.29) is 0 Å². The highest BCUT2D eigenvalue weighted by Crippen LogP contribution is 2.32. The summed E-state index contributed by atoms with van der Waals surface area (Å²) in [6, 6.07) is 13.9. The van der Waals surface area contributed by atoms with Gasteiger partial charge < -0.3 is 10.2 Å². The van der Waals surface area contributed by atoms with Crippen LogP contribution in [0.3, 0.4) is 0 Å². The smallest absolute Gasteiger partial charge is 0.151 e. The van der Waals surface area contributed by atoms with Gasteiger partial charge in [0.1, 0.15) is 0 Å². The molecule has 1 N–H and O–H groups in total. The van der Waals surface area contributed by atoms with Crippen LogP contribution in [0.5, 0.6) is 0 Å². The van der Waals surface area contributed by atoms with Crippen molar-refractivity contribution in [3.63, 3.8) is 0 Å². The first-order valence-electron chi connectivity index (χ1n) is 8.26. The van der Waals surface area contributed by atoms with E-state index in [1.165, 1.54) is 36.8 Å². The minimum Gasteiger partial charge on any atom is -0.354 e. The van der Waals surface area contributed by atoms with Crippen molar-refractivity contribution < 1.29 is 0 Å². The third kappa shape index (κ3) is 2.71. The van der Waals surface area contributed by atoms with Gasteiger partial charge in [-0.2, -0.15) is 5.10 Å². The molecule has 114 valence electrons. The zero-order chi connectivity index (χ0) is 14.8. The molecule has 0 spiro atoms. The summed E-state index contributed by atoms with van der Waals surface area (Å²) < 4.78 is 0. The van der Waals surface area contributed by atoms with Gasteiger partial charge in [0, 0.05) is 31.4 Å². The van der Waals surface area contributed by atoms with Gasteiger partial charge >= 0.3 is 0 Å². The Labute approximate surface area is 131 Å². The number of aryl methyl sites for hydroxylation is 1. The lowest BCUT2D eigenvalue weighted by Crippen LogP contribution is -2.47. The molecule has 2 atom stereocenters. The second-order valence-electron chi connectivity index (χ2n) is 6.32. The SMILES string of the molecule is c1cnnc(N2CCC[C@H](N[C@H]3CCc4ccccc43)C2)c1. The monoisotopic (exact) mass is 294 g/mol. The van der Waals surface area contributed by atoms with Crippen molar-refractivity contribution in [2.24, 2.45) is 0 Å². The van der Waals surface area contributed by atoms with E-state index >= 15 is 0 Å². The van der Waals surface area contributed by atoms with E-state index in [2.05, 4.69) is 50.7 Å². The van der Waals surface area contributed by atoms with E-state index in [1.807, 2.05) is 6.07 Å². The Hall–Kier alpha value is -1.94. The molecule has 1 aliphatic carbocycles. The lowest BCUT2D eigenvalue weighted by atomic mass is 10.0. The highest BCUT2D eigenvalue weighted by Gasteiger charge is 2.27. The second-order valence-corrected chi connectivity index (χ2v) is 6.32. The number of piperidine rings is 1. The molecule has 2 aliphatic rings. The number of nitrogens with one attached hydrogen (secondary N) is 1. The zero-order valence-corrected chi connectivity index (χ0v) is 12.8. The number of rotatable bonds is 3. The van der Waals surface area contributed by atoms with Crippen LogP contribution in [0.4, 0.5) is 5.82 Å². The lowest BCUT2D eigenvalue weighted by molar-refractivity contribution is 0.374. The Morgan fingerprint density at radius 1 is 1.09 bits per heavy atom. The fourth-order valence-corrected chi connectivity index (χ4v) is 3.80. The molecule has 4 rings (SSSR count). The van der Waals surface area contributed by atoms with Crippen molar-refractivity contribution in [3.8, 4) is 0 Å². The van der Waals surface area contributed by atoms with Gasteiger partial charge in [-0.05, 0) is 48.9 Å². The minimum atomic E-state index is 0.517. The molecule has 1 fully saturated rings. The molecule has 0 radical (unpaired) electrons. The van der Waals surface area contributed by atoms with E-state index in [4.69, 9.17) is 0 Å². The van der Waals surface area contributed by atoms with Gasteiger partial charge in [-0.15, -0.1) is 5.10 Å². The molecule has 4 nitrogen and oxygen atoms in total. The van der Waals surface area contributed by atoms with Gasteiger partial charge in [-0.25, -0.2) is 0 Å². The Morgan fingerprint density at radius 2 is 2.05 bits per heavy atom. The molecule has 2 heterocycles. The number of fused-ring (bicyclic) bond motifs is 1. The largest absolute Gasteiger partial charge is 0.354 e. The molecule has 22 heavy (non-hydrogen) atoms. The van der Waals surface area contributed by atoms with Crippen LogP contribution < -0.4 is 10.2 Å². The summed E-state index contributed by atoms with van der Waals surface area (Å²) >= 11 is 0. The number of hydrogen-bond donors (Lipinski definition) is 1. The first kappa shape index (κ1) is 13.7. The van der Waals surface area contributed by atoms with Gasteiger partial charge in [0.05, 0.1) is 0 Å². The molecular weight excluding hydrogens is 272 g/mol. The fraction of sp³-hybridized carbons (Fsp3) is 0.444. The van der Waals surface area contributed by atoms with E-state index in [1.54, 1.807) is 6.20 Å². The molecule has 1 aromatic carbocycles. The summed E-state index contributed by atoms with van der Waals surface area (Å²) in [4.78, 5) is 2.36. The molecule has 0 bridgehead atoms. The second kappa shape index (κ2) is 6.05. The maximum atomic E-state index is 4.25. The predicted octanol–water partition coefficient (Wildman–Crippen LogP) is 2.72. The van der Waals surface area contributed by atoms with Crippen LogP contribution >= 0.6 is 0 Å². The van der Waals surface area contributed by atoms with Crippen molar-refractivity contribution in [1.29, 1.82) is 0 Å². The minimum absolute atomic E-state index is 0.517. The van der Waals surface area contributed by atoms with E-state index < -0.39 is 0 Å². The van der Waals surface area contributed by atoms with Crippen LogP contribution in [0.1, 0.15) is 36.4 Å². The van der Waals surface area contributed by atoms with Crippen molar-refractivity contribution in [3.05, 3.63) is 53.7 Å². The average Bonchev–Trinajstić information content (AvgIpc) is 2.99. The predicted molar refractivity (Wildman–Crippen MR) is 87.9 cm³/mol. The van der Waals surface area contributed by atoms with Crippen LogP contribution in [-0.4, -0.2) is 29.3 Å². The van der Waals surface area contributed by atoms with Gasteiger partial charge in [0.25, 0.3) is 0 Å². The number of benzene rings is 1. The molecule has 1 saturated heterocycles. The van der Waals surface area contributed by atoms with Crippen LogP contribution in [0.15, 0.2) is 42.6 Å². The first-order chi connectivity index (χ1) is 10.9. The van der Waals surface area contributed by atoms with Crippen molar-refractivity contribution in [2.75, 3.05) is 18.0 Å². The Balaban J connectivity index is 1.44. The number of nitrogens with zero attached hydrogens (tertiary/aromatic N) is 3. The quantitative estimate of drug-likeness (QED) is 0.945. The molecule has 1 aromatic heterocycles. The summed E-state index contributed by atoms with van der Waals surface area (Å²) in [5.74, 6) is 1.00. The Kier molecular flexibility index (Phi) is 3.77. The highest BCUT2D eigenvalue weighted by atomic mass is 15.3. The maximum Gasteiger partial charge on any atom is 0.151 e. The van der Waals surface area contributed by atoms with Crippen LogP contribution in [-0.2, 0) is 6.42 Å². The number of hydrogen-bond acceptors (Lipinski definition) is 4. The third-order valence-electron chi connectivity index (χ3n) is 4.87. The van der Waals surface area contributed by atoms with Crippen LogP contribution in [0.2, 0.25) is 0 Å². The molecule has 0 unspecified atom stereocenters. The number of anilines is 1. The first-order valence-corrected chi connectivity index (χ1v) is 8.26. The molecule has 1 aliphatic heterocycles. The molecule has 0 amide bonds. The number of aromatic nitrogens is 2. The summed E-state index contributed by atoms with van der Waals surface area (Å²) in [6.07, 6.45) is 6.62. The fourth-order valence-electron chi connectivity index (χ4n) is 3.80. The average molecular weight is 294 g/mol. The lowest BCUT2D eigenvalue weighted by Gasteiger charge is -2.35. The Bertz CT molecular complexity index is 628. The summed E-state index contributed by atoms with van der Waals surface area (Å²) in [6.45, 7) is 2.11. The highest BCUT2D eigenvalue weighted by molar-refractivity contribution is 5.38. The molecule has 4 heteroatoms.